The van der Waals surface area contributed by atoms with E-state index in [1.807, 2.05) is 0 Å². The first kappa shape index (κ1) is 8.03. The lowest BCUT2D eigenvalue weighted by Crippen LogP contribution is -2.07. The summed E-state index contributed by atoms with van der Waals surface area (Å²) in [6, 6.07) is 0.443. The lowest BCUT2D eigenvalue weighted by Gasteiger charge is -2.08. The van der Waals surface area contributed by atoms with Crippen LogP contribution >= 0.6 is 0 Å². The molecule has 2 aliphatic rings. The van der Waals surface area contributed by atoms with Gasteiger partial charge in [0.05, 0.1) is 6.04 Å². The molecule has 0 amide bonds. The quantitative estimate of drug-likeness (QED) is 0.593. The zero-order chi connectivity index (χ0) is 8.72. The minimum atomic E-state index is 0.443. The van der Waals surface area contributed by atoms with Crippen LogP contribution in [0, 0.1) is 11.8 Å². The summed E-state index contributed by atoms with van der Waals surface area (Å²) in [5, 5.41) is 0. The van der Waals surface area contributed by atoms with Gasteiger partial charge in [0.25, 0.3) is 0 Å². The maximum absolute atomic E-state index is 4.68. The van der Waals surface area contributed by atoms with Crippen molar-refractivity contribution in [3.63, 3.8) is 0 Å². The van der Waals surface area contributed by atoms with Crippen molar-refractivity contribution in [2.45, 2.75) is 39.7 Å². The molecule has 0 aromatic carbocycles. The van der Waals surface area contributed by atoms with Crippen molar-refractivity contribution in [1.82, 2.24) is 0 Å². The monoisotopic (exact) mass is 163 g/mol. The highest BCUT2D eigenvalue weighted by molar-refractivity contribution is 6.05. The molecule has 0 radical (unpaired) electrons. The third-order valence-electron chi connectivity index (χ3n) is 2.65. The minimum Gasteiger partial charge on any atom is -0.282 e. The number of aliphatic imine (C=N–C) groups is 1. The van der Waals surface area contributed by atoms with E-state index in [-0.39, 0.29) is 0 Å². The van der Waals surface area contributed by atoms with Crippen molar-refractivity contribution in [2.75, 3.05) is 0 Å². The molecular weight excluding hydrogens is 146 g/mol. The van der Waals surface area contributed by atoms with Crippen LogP contribution in [0.3, 0.4) is 0 Å². The van der Waals surface area contributed by atoms with Crippen LogP contribution < -0.4 is 0 Å². The van der Waals surface area contributed by atoms with Crippen LogP contribution in [-0.2, 0) is 0 Å². The summed E-state index contributed by atoms with van der Waals surface area (Å²) in [4.78, 5) is 4.68. The summed E-state index contributed by atoms with van der Waals surface area (Å²) < 4.78 is 0. The summed E-state index contributed by atoms with van der Waals surface area (Å²) in [6.45, 7) is 6.71. The van der Waals surface area contributed by atoms with Gasteiger partial charge in [-0.15, -0.1) is 0 Å². The van der Waals surface area contributed by atoms with Crippen LogP contribution in [0.4, 0.5) is 0 Å². The van der Waals surface area contributed by atoms with Crippen molar-refractivity contribution in [1.29, 1.82) is 0 Å². The van der Waals surface area contributed by atoms with Gasteiger partial charge in [-0.2, -0.15) is 0 Å². The molecule has 0 bridgehead atoms. The lowest BCUT2D eigenvalue weighted by molar-refractivity contribution is 0.796. The molecule has 1 aliphatic carbocycles. The number of rotatable bonds is 2. The Morgan fingerprint density at radius 3 is 2.58 bits per heavy atom. The van der Waals surface area contributed by atoms with Gasteiger partial charge >= 0.3 is 0 Å². The second-order valence-corrected chi connectivity index (χ2v) is 4.31. The maximum atomic E-state index is 4.68. The van der Waals surface area contributed by atoms with E-state index in [1.54, 1.807) is 0 Å². The Morgan fingerprint density at radius 2 is 2.08 bits per heavy atom. The van der Waals surface area contributed by atoms with E-state index in [1.165, 1.54) is 24.1 Å². The standard InChI is InChI=1S/C11H17N/c1-7(2)10-6-8(3)12-11(10)9-4-5-9/h6-9H,4-5H2,1-3H3. The number of hydrogen-bond acceptors (Lipinski definition) is 1. The fourth-order valence-electron chi connectivity index (χ4n) is 1.86. The van der Waals surface area contributed by atoms with E-state index in [0.717, 1.165) is 5.92 Å². The molecule has 0 spiro atoms. The highest BCUT2D eigenvalue weighted by Gasteiger charge is 2.33. The van der Waals surface area contributed by atoms with Crippen molar-refractivity contribution in [2.24, 2.45) is 16.8 Å². The van der Waals surface area contributed by atoms with Gasteiger partial charge < -0.3 is 0 Å². The predicted octanol–water partition coefficient (Wildman–Crippen LogP) is 2.82. The summed E-state index contributed by atoms with van der Waals surface area (Å²) in [6.07, 6.45) is 5.07. The Hall–Kier alpha value is -0.590. The minimum absolute atomic E-state index is 0.443. The number of allylic oxidation sites excluding steroid dienone is 1. The summed E-state index contributed by atoms with van der Waals surface area (Å²) in [7, 11) is 0. The first-order valence-electron chi connectivity index (χ1n) is 4.98. The molecule has 2 rings (SSSR count). The highest BCUT2D eigenvalue weighted by Crippen LogP contribution is 2.37. The van der Waals surface area contributed by atoms with Crippen molar-refractivity contribution < 1.29 is 0 Å². The zero-order valence-electron chi connectivity index (χ0n) is 8.17. The molecular formula is C11H17N. The molecule has 1 atom stereocenters. The zero-order valence-corrected chi connectivity index (χ0v) is 8.17. The van der Waals surface area contributed by atoms with E-state index in [4.69, 9.17) is 0 Å². The van der Waals surface area contributed by atoms with Crippen molar-refractivity contribution in [3.8, 4) is 0 Å². The Kier molecular flexibility index (Phi) is 1.82. The third kappa shape index (κ3) is 1.33. The molecule has 0 N–H and O–H groups in total. The van der Waals surface area contributed by atoms with Gasteiger partial charge in [0.15, 0.2) is 0 Å². The van der Waals surface area contributed by atoms with Gasteiger partial charge in [0.2, 0.25) is 0 Å². The summed E-state index contributed by atoms with van der Waals surface area (Å²) in [5.41, 5.74) is 2.95. The van der Waals surface area contributed by atoms with Gasteiger partial charge in [-0.25, -0.2) is 0 Å². The Labute approximate surface area is 74.6 Å². The summed E-state index contributed by atoms with van der Waals surface area (Å²) >= 11 is 0. The third-order valence-corrected chi connectivity index (χ3v) is 2.65. The first-order valence-corrected chi connectivity index (χ1v) is 4.98. The van der Waals surface area contributed by atoms with Crippen LogP contribution in [0.15, 0.2) is 16.6 Å². The van der Waals surface area contributed by atoms with E-state index in [0.29, 0.717) is 12.0 Å². The molecule has 1 fully saturated rings. The fourth-order valence-corrected chi connectivity index (χ4v) is 1.86. The second kappa shape index (κ2) is 2.72. The topological polar surface area (TPSA) is 12.4 Å². The number of nitrogens with zero attached hydrogens (tertiary/aromatic N) is 1. The fraction of sp³-hybridized carbons (Fsp3) is 0.727. The van der Waals surface area contributed by atoms with Gasteiger partial charge in [-0.05, 0) is 31.3 Å². The Balaban J connectivity index is 2.20. The van der Waals surface area contributed by atoms with Crippen LogP contribution in [0.2, 0.25) is 0 Å². The molecule has 1 heterocycles. The normalized spacial score (nSPS) is 29.2. The molecule has 0 aromatic heterocycles. The molecule has 1 saturated carbocycles. The van der Waals surface area contributed by atoms with E-state index in [2.05, 4.69) is 31.8 Å². The van der Waals surface area contributed by atoms with Gasteiger partial charge in [0, 0.05) is 11.6 Å². The van der Waals surface area contributed by atoms with Gasteiger partial charge in [-0.1, -0.05) is 19.9 Å². The Morgan fingerprint density at radius 1 is 1.42 bits per heavy atom. The van der Waals surface area contributed by atoms with Crippen molar-refractivity contribution in [3.05, 3.63) is 11.6 Å². The molecule has 1 nitrogen and oxygen atoms in total. The molecule has 1 unspecified atom stereocenters. The molecule has 12 heavy (non-hydrogen) atoms. The molecule has 66 valence electrons. The van der Waals surface area contributed by atoms with Gasteiger partial charge in [0.1, 0.15) is 0 Å². The average molecular weight is 163 g/mol. The molecule has 1 heteroatoms. The van der Waals surface area contributed by atoms with E-state index >= 15 is 0 Å². The predicted molar refractivity (Wildman–Crippen MR) is 52.5 cm³/mol. The SMILES string of the molecule is CC1C=C(C(C)C)C(C2CC2)=N1. The smallest absolute Gasteiger partial charge is 0.0661 e. The number of hydrogen-bond donors (Lipinski definition) is 0. The first-order chi connectivity index (χ1) is 5.68. The summed E-state index contributed by atoms with van der Waals surface area (Å²) in [5.74, 6) is 1.48. The van der Waals surface area contributed by atoms with Crippen LogP contribution in [0.25, 0.3) is 0 Å². The van der Waals surface area contributed by atoms with E-state index < -0.39 is 0 Å². The largest absolute Gasteiger partial charge is 0.282 e. The maximum Gasteiger partial charge on any atom is 0.0661 e. The molecule has 0 saturated heterocycles. The van der Waals surface area contributed by atoms with Gasteiger partial charge in [-0.3, -0.25) is 4.99 Å². The van der Waals surface area contributed by atoms with Crippen LogP contribution in [-0.4, -0.2) is 11.8 Å². The van der Waals surface area contributed by atoms with Crippen molar-refractivity contribution >= 4 is 5.71 Å². The molecule has 0 aromatic rings. The second-order valence-electron chi connectivity index (χ2n) is 4.31. The Bertz CT molecular complexity index is 226. The lowest BCUT2D eigenvalue weighted by atomic mass is 9.96. The van der Waals surface area contributed by atoms with Crippen LogP contribution in [0.1, 0.15) is 33.6 Å². The van der Waals surface area contributed by atoms with Crippen LogP contribution in [0.5, 0.6) is 0 Å². The highest BCUT2D eigenvalue weighted by atomic mass is 14.8. The molecule has 1 aliphatic heterocycles. The van der Waals surface area contributed by atoms with E-state index in [9.17, 15) is 0 Å². The average Bonchev–Trinajstić information content (AvgIpc) is 2.75.